The van der Waals surface area contributed by atoms with Gasteiger partial charge in [-0.2, -0.15) is 0 Å². The molecule has 0 saturated carbocycles. The summed E-state index contributed by atoms with van der Waals surface area (Å²) in [7, 11) is 0. The maximum Gasteiger partial charge on any atom is 0.173 e. The molecule has 0 aliphatic rings. The second-order valence-corrected chi connectivity index (χ2v) is 6.58. The van der Waals surface area contributed by atoms with Crippen molar-refractivity contribution in [3.05, 3.63) is 108 Å². The molecule has 2 aromatic heterocycles. The summed E-state index contributed by atoms with van der Waals surface area (Å²) in [5.41, 5.74) is 2.46. The molecule has 0 bridgehead atoms. The molecule has 0 fully saturated rings. The Morgan fingerprint density at radius 2 is 1.54 bits per heavy atom. The molecule has 1 unspecified atom stereocenters. The summed E-state index contributed by atoms with van der Waals surface area (Å²) in [6.07, 6.45) is 3.21. The minimum atomic E-state index is -0.665. The number of ketones is 2. The average molecular weight is 366 g/mol. The molecule has 0 spiro atoms. The quantitative estimate of drug-likeness (QED) is 0.457. The third-order valence-corrected chi connectivity index (χ3v) is 4.72. The third-order valence-electron chi connectivity index (χ3n) is 4.72. The van der Waals surface area contributed by atoms with Crippen LogP contribution in [0.2, 0.25) is 0 Å². The van der Waals surface area contributed by atoms with Crippen molar-refractivity contribution in [3.63, 3.8) is 0 Å². The van der Waals surface area contributed by atoms with Crippen molar-refractivity contribution in [1.29, 1.82) is 0 Å². The monoisotopic (exact) mass is 366 g/mol. The lowest BCUT2D eigenvalue weighted by molar-refractivity contribution is 0.0891. The van der Waals surface area contributed by atoms with Crippen LogP contribution < -0.4 is 0 Å². The van der Waals surface area contributed by atoms with Crippen molar-refractivity contribution in [1.82, 2.24) is 9.97 Å². The van der Waals surface area contributed by atoms with Crippen molar-refractivity contribution in [3.8, 4) is 0 Å². The molecule has 1 atom stereocenters. The molecule has 136 valence electrons. The smallest absolute Gasteiger partial charge is 0.173 e. The van der Waals surface area contributed by atoms with Gasteiger partial charge in [-0.25, -0.2) is 0 Å². The molecule has 0 aliphatic heterocycles. The predicted octanol–water partition coefficient (Wildman–Crippen LogP) is 4.87. The van der Waals surface area contributed by atoms with E-state index in [-0.39, 0.29) is 18.0 Å². The zero-order chi connectivity index (χ0) is 19.3. The Labute approximate surface area is 162 Å². The molecular weight excluding hydrogens is 348 g/mol. The van der Waals surface area contributed by atoms with Crippen LogP contribution in [0.1, 0.15) is 38.7 Å². The zero-order valence-corrected chi connectivity index (χ0v) is 15.2. The van der Waals surface area contributed by atoms with E-state index >= 15 is 0 Å². The maximum atomic E-state index is 13.2. The third kappa shape index (κ3) is 3.71. The number of carbonyl (C=O) groups is 2. The van der Waals surface area contributed by atoms with Crippen LogP contribution >= 0.6 is 0 Å². The molecule has 4 aromatic rings. The van der Waals surface area contributed by atoms with Gasteiger partial charge in [0.25, 0.3) is 0 Å². The number of hydrogen-bond acceptors (Lipinski definition) is 4. The van der Waals surface area contributed by atoms with Crippen LogP contribution in [0.25, 0.3) is 10.9 Å². The first kappa shape index (κ1) is 17.7. The van der Waals surface area contributed by atoms with Crippen LogP contribution in [0, 0.1) is 0 Å². The lowest BCUT2D eigenvalue weighted by Gasteiger charge is -2.16. The van der Waals surface area contributed by atoms with E-state index in [1.54, 1.807) is 30.5 Å². The van der Waals surface area contributed by atoms with Crippen LogP contribution in [0.4, 0.5) is 0 Å². The van der Waals surface area contributed by atoms with Gasteiger partial charge in [-0.1, -0.05) is 54.6 Å². The second kappa shape index (κ2) is 7.92. The van der Waals surface area contributed by atoms with Crippen LogP contribution in [0.5, 0.6) is 0 Å². The molecule has 2 aromatic carbocycles. The number of hydrogen-bond donors (Lipinski definition) is 0. The van der Waals surface area contributed by atoms with Crippen LogP contribution in [-0.2, 0) is 0 Å². The molecule has 0 aliphatic carbocycles. The highest BCUT2D eigenvalue weighted by atomic mass is 16.1. The average Bonchev–Trinajstić information content (AvgIpc) is 2.77. The first-order valence-corrected chi connectivity index (χ1v) is 9.10. The van der Waals surface area contributed by atoms with Gasteiger partial charge < -0.3 is 0 Å². The van der Waals surface area contributed by atoms with E-state index < -0.39 is 5.92 Å². The molecule has 28 heavy (non-hydrogen) atoms. The Hall–Kier alpha value is -3.66. The number of Topliss-reactive ketones (excluding diaryl/α,β-unsaturated/α-hetero) is 2. The molecule has 0 amide bonds. The van der Waals surface area contributed by atoms with E-state index in [4.69, 9.17) is 0 Å². The molecule has 0 radical (unpaired) electrons. The molecular formula is C24H18N2O2. The van der Waals surface area contributed by atoms with Gasteiger partial charge in [0.05, 0.1) is 17.1 Å². The summed E-state index contributed by atoms with van der Waals surface area (Å²) in [6, 6.07) is 24.0. The van der Waals surface area contributed by atoms with E-state index in [1.165, 1.54) is 6.20 Å². The van der Waals surface area contributed by atoms with Crippen molar-refractivity contribution in [2.45, 2.75) is 12.3 Å². The highest BCUT2D eigenvalue weighted by Gasteiger charge is 2.27. The summed E-state index contributed by atoms with van der Waals surface area (Å²) in [5.74, 6) is -0.903. The van der Waals surface area contributed by atoms with Gasteiger partial charge in [-0.15, -0.1) is 0 Å². The number of pyridine rings is 2. The number of carbonyl (C=O) groups excluding carboxylic acids is 2. The Morgan fingerprint density at radius 3 is 2.32 bits per heavy atom. The van der Waals surface area contributed by atoms with Gasteiger partial charge in [-0.05, 0) is 24.3 Å². The number of nitrogens with zero attached hydrogens (tertiary/aromatic N) is 2. The van der Waals surface area contributed by atoms with Gasteiger partial charge in [0, 0.05) is 35.3 Å². The molecule has 2 heterocycles. The van der Waals surface area contributed by atoms with Gasteiger partial charge in [0.2, 0.25) is 0 Å². The molecule has 0 N–H and O–H groups in total. The van der Waals surface area contributed by atoms with Gasteiger partial charge in [0.1, 0.15) is 0 Å². The topological polar surface area (TPSA) is 59.9 Å². The lowest BCUT2D eigenvalue weighted by Crippen LogP contribution is -2.18. The normalized spacial score (nSPS) is 11.9. The van der Waals surface area contributed by atoms with Gasteiger partial charge in [-0.3, -0.25) is 19.6 Å². The summed E-state index contributed by atoms with van der Waals surface area (Å²) < 4.78 is 0. The number of para-hydroxylation sites is 1. The first-order chi connectivity index (χ1) is 13.7. The largest absolute Gasteiger partial charge is 0.294 e. The minimum Gasteiger partial charge on any atom is -0.294 e. The summed E-state index contributed by atoms with van der Waals surface area (Å²) >= 11 is 0. The number of rotatable bonds is 6. The number of benzene rings is 2. The second-order valence-electron chi connectivity index (χ2n) is 6.58. The van der Waals surface area contributed by atoms with Crippen LogP contribution in [0.3, 0.4) is 0 Å². The summed E-state index contributed by atoms with van der Waals surface area (Å²) in [6.45, 7) is 0. The maximum absolute atomic E-state index is 13.2. The SMILES string of the molecule is O=C(CC(C(=O)c1cccnc1)c1ccc2ccccc2n1)c1ccccc1. The first-order valence-electron chi connectivity index (χ1n) is 9.10. The molecule has 4 nitrogen and oxygen atoms in total. The lowest BCUT2D eigenvalue weighted by atomic mass is 9.88. The van der Waals surface area contributed by atoms with E-state index in [1.807, 2.05) is 54.6 Å². The minimum absolute atomic E-state index is 0.0586. The van der Waals surface area contributed by atoms with Crippen molar-refractivity contribution in [2.24, 2.45) is 0 Å². The summed E-state index contributed by atoms with van der Waals surface area (Å²) in [5, 5.41) is 0.994. The van der Waals surface area contributed by atoms with Crippen molar-refractivity contribution in [2.75, 3.05) is 0 Å². The van der Waals surface area contributed by atoms with E-state index in [0.717, 1.165) is 10.9 Å². The molecule has 4 heteroatoms. The van der Waals surface area contributed by atoms with E-state index in [9.17, 15) is 9.59 Å². The van der Waals surface area contributed by atoms with Crippen molar-refractivity contribution < 1.29 is 9.59 Å². The van der Waals surface area contributed by atoms with E-state index in [0.29, 0.717) is 16.8 Å². The zero-order valence-electron chi connectivity index (χ0n) is 15.2. The van der Waals surface area contributed by atoms with Crippen LogP contribution in [-0.4, -0.2) is 21.5 Å². The fraction of sp³-hybridized carbons (Fsp3) is 0.0833. The number of fused-ring (bicyclic) bond motifs is 1. The highest BCUT2D eigenvalue weighted by Crippen LogP contribution is 2.26. The Bertz CT molecular complexity index is 1120. The van der Waals surface area contributed by atoms with Gasteiger partial charge >= 0.3 is 0 Å². The summed E-state index contributed by atoms with van der Waals surface area (Å²) in [4.78, 5) is 34.8. The van der Waals surface area contributed by atoms with E-state index in [2.05, 4.69) is 9.97 Å². The highest BCUT2D eigenvalue weighted by molar-refractivity contribution is 6.06. The number of aromatic nitrogens is 2. The fourth-order valence-electron chi connectivity index (χ4n) is 3.24. The Balaban J connectivity index is 1.74. The van der Waals surface area contributed by atoms with Gasteiger partial charge in [0.15, 0.2) is 11.6 Å². The van der Waals surface area contributed by atoms with Crippen LogP contribution in [0.15, 0.2) is 91.3 Å². The van der Waals surface area contributed by atoms with Crippen molar-refractivity contribution >= 4 is 22.5 Å². The standard InChI is InChI=1S/C24H18N2O2/c27-23(18-8-2-1-3-9-18)15-20(24(28)19-10-6-14-25-16-19)22-13-12-17-7-4-5-11-21(17)26-22/h1-14,16,20H,15H2. The molecule has 4 rings (SSSR count). The molecule has 0 saturated heterocycles. The predicted molar refractivity (Wildman–Crippen MR) is 108 cm³/mol. The Kier molecular flexibility index (Phi) is 5.02. The fourth-order valence-corrected chi connectivity index (χ4v) is 3.24. The Morgan fingerprint density at radius 1 is 0.786 bits per heavy atom.